The molecule has 0 aliphatic heterocycles. The van der Waals surface area contributed by atoms with E-state index in [9.17, 15) is 0 Å². The highest BCUT2D eigenvalue weighted by molar-refractivity contribution is 5.49. The van der Waals surface area contributed by atoms with Gasteiger partial charge in [0.05, 0.1) is 18.1 Å². The number of hydrogen-bond donors (Lipinski definition) is 1. The van der Waals surface area contributed by atoms with E-state index in [-0.39, 0.29) is 0 Å². The average Bonchev–Trinajstić information content (AvgIpc) is 2.53. The number of aryl methyl sites for hydroxylation is 1. The van der Waals surface area contributed by atoms with Gasteiger partial charge in [-0.15, -0.1) is 0 Å². The van der Waals surface area contributed by atoms with Crippen molar-refractivity contribution in [1.29, 1.82) is 0 Å². The molecule has 0 aliphatic rings. The Morgan fingerprint density at radius 1 is 1.31 bits per heavy atom. The molecule has 0 aliphatic carbocycles. The van der Waals surface area contributed by atoms with E-state index in [2.05, 4.69) is 15.1 Å². The Hall–Kier alpha value is -1.91. The van der Waals surface area contributed by atoms with E-state index in [4.69, 9.17) is 5.73 Å². The van der Waals surface area contributed by atoms with Crippen LogP contribution < -0.4 is 5.73 Å². The van der Waals surface area contributed by atoms with Gasteiger partial charge in [0, 0.05) is 13.2 Å². The molecule has 5 heteroatoms. The SMILES string of the molecule is Cn1ccc(-c2ncc(N)cn2)n1. The summed E-state index contributed by atoms with van der Waals surface area (Å²) >= 11 is 0. The predicted molar refractivity (Wildman–Crippen MR) is 48.6 cm³/mol. The zero-order chi connectivity index (χ0) is 9.26. The maximum Gasteiger partial charge on any atom is 0.180 e. The molecule has 66 valence electrons. The fourth-order valence-corrected chi connectivity index (χ4v) is 1.00. The zero-order valence-corrected chi connectivity index (χ0v) is 7.18. The molecule has 0 fully saturated rings. The molecule has 13 heavy (non-hydrogen) atoms. The molecule has 2 rings (SSSR count). The second-order valence-corrected chi connectivity index (χ2v) is 2.71. The van der Waals surface area contributed by atoms with Crippen LogP contribution in [0.4, 0.5) is 5.69 Å². The molecule has 0 saturated heterocycles. The van der Waals surface area contributed by atoms with Crippen LogP contribution in [0, 0.1) is 0 Å². The van der Waals surface area contributed by atoms with Crippen LogP contribution in [0.3, 0.4) is 0 Å². The number of nitrogens with two attached hydrogens (primary N) is 1. The van der Waals surface area contributed by atoms with E-state index in [1.54, 1.807) is 17.1 Å². The van der Waals surface area contributed by atoms with E-state index >= 15 is 0 Å². The molecule has 0 unspecified atom stereocenters. The number of hydrogen-bond acceptors (Lipinski definition) is 4. The quantitative estimate of drug-likeness (QED) is 0.683. The lowest BCUT2D eigenvalue weighted by Gasteiger charge is -1.94. The molecule has 2 aromatic rings. The first-order valence-electron chi connectivity index (χ1n) is 3.83. The zero-order valence-electron chi connectivity index (χ0n) is 7.18. The van der Waals surface area contributed by atoms with Crippen LogP contribution in [0.2, 0.25) is 0 Å². The average molecular weight is 175 g/mol. The Bertz CT molecular complexity index is 403. The highest BCUT2D eigenvalue weighted by Crippen LogP contribution is 2.10. The molecule has 5 nitrogen and oxygen atoms in total. The fraction of sp³-hybridized carbons (Fsp3) is 0.125. The largest absolute Gasteiger partial charge is 0.396 e. The summed E-state index contributed by atoms with van der Waals surface area (Å²) in [6, 6.07) is 1.85. The van der Waals surface area contributed by atoms with Gasteiger partial charge in [-0.2, -0.15) is 5.10 Å². The van der Waals surface area contributed by atoms with Crippen molar-refractivity contribution in [1.82, 2.24) is 19.7 Å². The van der Waals surface area contributed by atoms with Gasteiger partial charge in [0.15, 0.2) is 5.82 Å². The van der Waals surface area contributed by atoms with Crippen molar-refractivity contribution in [2.24, 2.45) is 7.05 Å². The minimum absolute atomic E-state index is 0.555. The molecule has 0 saturated carbocycles. The maximum absolute atomic E-state index is 5.46. The van der Waals surface area contributed by atoms with Gasteiger partial charge in [0.2, 0.25) is 0 Å². The van der Waals surface area contributed by atoms with Crippen molar-refractivity contribution in [3.05, 3.63) is 24.7 Å². The third kappa shape index (κ3) is 1.48. The van der Waals surface area contributed by atoms with Crippen LogP contribution in [0.25, 0.3) is 11.5 Å². The van der Waals surface area contributed by atoms with Crippen LogP contribution in [0.15, 0.2) is 24.7 Å². The van der Waals surface area contributed by atoms with Gasteiger partial charge in [-0.05, 0) is 6.07 Å². The topological polar surface area (TPSA) is 69.6 Å². The lowest BCUT2D eigenvalue weighted by molar-refractivity contribution is 0.768. The molecule has 0 bridgehead atoms. The molecule has 0 atom stereocenters. The Kier molecular flexibility index (Phi) is 1.70. The lowest BCUT2D eigenvalue weighted by atomic mass is 10.4. The number of anilines is 1. The minimum Gasteiger partial charge on any atom is -0.396 e. The molecule has 0 spiro atoms. The van der Waals surface area contributed by atoms with Crippen LogP contribution in [0.1, 0.15) is 0 Å². The van der Waals surface area contributed by atoms with Crippen molar-refractivity contribution in [2.75, 3.05) is 5.73 Å². The predicted octanol–water partition coefficient (Wildman–Crippen LogP) is 0.459. The van der Waals surface area contributed by atoms with Crippen molar-refractivity contribution in [2.45, 2.75) is 0 Å². The first kappa shape index (κ1) is 7.72. The fourth-order valence-electron chi connectivity index (χ4n) is 1.00. The molecular weight excluding hydrogens is 166 g/mol. The number of nitrogens with zero attached hydrogens (tertiary/aromatic N) is 4. The summed E-state index contributed by atoms with van der Waals surface area (Å²) in [6.07, 6.45) is 4.98. The van der Waals surface area contributed by atoms with E-state index in [1.807, 2.05) is 19.3 Å². The summed E-state index contributed by atoms with van der Waals surface area (Å²) in [5.41, 5.74) is 6.77. The summed E-state index contributed by atoms with van der Waals surface area (Å²) < 4.78 is 1.70. The van der Waals surface area contributed by atoms with E-state index < -0.39 is 0 Å². The van der Waals surface area contributed by atoms with Crippen LogP contribution >= 0.6 is 0 Å². The van der Waals surface area contributed by atoms with Crippen molar-refractivity contribution in [3.63, 3.8) is 0 Å². The molecular formula is C8H9N5. The monoisotopic (exact) mass is 175 g/mol. The summed E-state index contributed by atoms with van der Waals surface area (Å²) in [5.74, 6) is 0.592. The maximum atomic E-state index is 5.46. The van der Waals surface area contributed by atoms with E-state index in [0.717, 1.165) is 5.69 Å². The van der Waals surface area contributed by atoms with Crippen LogP contribution in [-0.4, -0.2) is 19.7 Å². The van der Waals surface area contributed by atoms with Gasteiger partial charge in [-0.3, -0.25) is 4.68 Å². The number of rotatable bonds is 1. The summed E-state index contributed by atoms with van der Waals surface area (Å²) in [7, 11) is 1.85. The lowest BCUT2D eigenvalue weighted by Crippen LogP contribution is -1.94. The van der Waals surface area contributed by atoms with Gasteiger partial charge in [0.25, 0.3) is 0 Å². The summed E-state index contributed by atoms with van der Waals surface area (Å²) in [4.78, 5) is 8.10. The molecule has 2 heterocycles. The molecule has 2 N–H and O–H groups in total. The first-order chi connectivity index (χ1) is 6.25. The van der Waals surface area contributed by atoms with Gasteiger partial charge in [-0.1, -0.05) is 0 Å². The van der Waals surface area contributed by atoms with E-state index in [1.165, 1.54) is 0 Å². The highest BCUT2D eigenvalue weighted by Gasteiger charge is 2.02. The van der Waals surface area contributed by atoms with Crippen molar-refractivity contribution in [3.8, 4) is 11.5 Å². The van der Waals surface area contributed by atoms with Gasteiger partial charge >= 0.3 is 0 Å². The van der Waals surface area contributed by atoms with Crippen molar-refractivity contribution < 1.29 is 0 Å². The highest BCUT2D eigenvalue weighted by atomic mass is 15.3. The summed E-state index contributed by atoms with van der Waals surface area (Å²) in [6.45, 7) is 0. The molecule has 0 radical (unpaired) electrons. The Morgan fingerprint density at radius 2 is 2.00 bits per heavy atom. The molecule has 2 aromatic heterocycles. The Morgan fingerprint density at radius 3 is 2.54 bits per heavy atom. The number of nitrogen functional groups attached to an aromatic ring is 1. The van der Waals surface area contributed by atoms with Crippen LogP contribution in [-0.2, 0) is 7.05 Å². The van der Waals surface area contributed by atoms with Crippen LogP contribution in [0.5, 0.6) is 0 Å². The van der Waals surface area contributed by atoms with Crippen molar-refractivity contribution >= 4 is 5.69 Å². The Balaban J connectivity index is 2.41. The van der Waals surface area contributed by atoms with Gasteiger partial charge < -0.3 is 5.73 Å². The third-order valence-electron chi connectivity index (χ3n) is 1.61. The minimum atomic E-state index is 0.555. The van der Waals surface area contributed by atoms with E-state index in [0.29, 0.717) is 11.5 Å². The molecule has 0 amide bonds. The van der Waals surface area contributed by atoms with Gasteiger partial charge in [0.1, 0.15) is 5.69 Å². The standard InChI is InChI=1S/C8H9N5/c1-13-3-2-7(12-13)8-10-4-6(9)5-11-8/h2-5H,9H2,1H3. The summed E-state index contributed by atoms with van der Waals surface area (Å²) in [5, 5.41) is 4.16. The molecule has 0 aromatic carbocycles. The Labute approximate surface area is 75.2 Å². The second kappa shape index (κ2) is 2.85. The smallest absolute Gasteiger partial charge is 0.180 e. The second-order valence-electron chi connectivity index (χ2n) is 2.71. The number of aromatic nitrogens is 4. The third-order valence-corrected chi connectivity index (χ3v) is 1.61. The normalized spacial score (nSPS) is 10.2. The first-order valence-corrected chi connectivity index (χ1v) is 3.83. The van der Waals surface area contributed by atoms with Gasteiger partial charge in [-0.25, -0.2) is 9.97 Å².